The van der Waals surface area contributed by atoms with Crippen LogP contribution in [0.25, 0.3) is 22.9 Å². The van der Waals surface area contributed by atoms with Crippen LogP contribution in [0.3, 0.4) is 0 Å². The molecule has 0 saturated heterocycles. The van der Waals surface area contributed by atoms with Crippen molar-refractivity contribution in [2.45, 2.75) is 25.4 Å². The van der Waals surface area contributed by atoms with Crippen LogP contribution in [0.15, 0.2) is 42.7 Å². The monoisotopic (exact) mass is 639 g/mol. The SMILES string of the molecule is CC(C)(c1ccnc(-c2cc(C(F)(F)F)n[n-]2)n1)c1ccnc(-c2[c-]cc(F)cc2F)n1.[Pt+2]. The molecule has 0 aliphatic heterocycles. The first kappa shape index (κ1) is 24.6. The summed E-state index contributed by atoms with van der Waals surface area (Å²) >= 11 is 0. The molecule has 0 aliphatic carbocycles. The van der Waals surface area contributed by atoms with E-state index >= 15 is 0 Å². The van der Waals surface area contributed by atoms with Gasteiger partial charge >= 0.3 is 27.2 Å². The molecule has 172 valence electrons. The largest absolute Gasteiger partial charge is 2.00 e. The van der Waals surface area contributed by atoms with Crippen molar-refractivity contribution in [1.29, 1.82) is 0 Å². The number of rotatable bonds is 4. The van der Waals surface area contributed by atoms with Gasteiger partial charge in [-0.1, -0.05) is 17.3 Å². The van der Waals surface area contributed by atoms with Crippen LogP contribution in [0.1, 0.15) is 30.9 Å². The molecule has 4 rings (SSSR count). The zero-order valence-electron chi connectivity index (χ0n) is 16.9. The van der Waals surface area contributed by atoms with Gasteiger partial charge in [0.15, 0.2) is 0 Å². The quantitative estimate of drug-likeness (QED) is 0.244. The Morgan fingerprint density at radius 1 is 0.879 bits per heavy atom. The predicted octanol–water partition coefficient (Wildman–Crippen LogP) is 4.37. The molecule has 33 heavy (non-hydrogen) atoms. The zero-order chi connectivity index (χ0) is 23.1. The van der Waals surface area contributed by atoms with Crippen LogP contribution in [0.4, 0.5) is 22.0 Å². The fourth-order valence-electron chi connectivity index (χ4n) is 2.95. The molecule has 4 aromatic rings. The smallest absolute Gasteiger partial charge is 0.572 e. The normalized spacial score (nSPS) is 11.8. The number of nitrogens with zero attached hydrogens (tertiary/aromatic N) is 6. The van der Waals surface area contributed by atoms with Crippen molar-refractivity contribution in [2.75, 3.05) is 0 Å². The summed E-state index contributed by atoms with van der Waals surface area (Å²) in [7, 11) is 0. The van der Waals surface area contributed by atoms with Gasteiger partial charge in [0.1, 0.15) is 11.5 Å². The first-order valence-corrected chi connectivity index (χ1v) is 9.18. The predicted molar refractivity (Wildman–Crippen MR) is 102 cm³/mol. The minimum atomic E-state index is -4.63. The molecule has 0 unspecified atom stereocenters. The molecule has 0 atom stereocenters. The molecule has 3 aromatic heterocycles. The second kappa shape index (κ2) is 9.05. The Labute approximate surface area is 199 Å². The van der Waals surface area contributed by atoms with Gasteiger partial charge in [-0.05, 0) is 32.0 Å². The van der Waals surface area contributed by atoms with Crippen molar-refractivity contribution < 1.29 is 43.0 Å². The van der Waals surface area contributed by atoms with E-state index in [1.54, 1.807) is 26.0 Å². The Kier molecular flexibility index (Phi) is 6.74. The van der Waals surface area contributed by atoms with Crippen LogP contribution >= 0.6 is 0 Å². The topological polar surface area (TPSA) is 78.5 Å². The van der Waals surface area contributed by atoms with E-state index in [1.165, 1.54) is 12.4 Å². The van der Waals surface area contributed by atoms with Crippen molar-refractivity contribution in [2.24, 2.45) is 0 Å². The van der Waals surface area contributed by atoms with E-state index in [0.29, 0.717) is 17.5 Å². The van der Waals surface area contributed by atoms with E-state index < -0.39 is 28.9 Å². The average Bonchev–Trinajstić information content (AvgIpc) is 3.25. The fraction of sp³-hybridized carbons (Fsp3) is 0.190. The second-order valence-corrected chi connectivity index (χ2v) is 7.31. The molecule has 0 N–H and O–H groups in total. The minimum Gasteiger partial charge on any atom is -0.572 e. The van der Waals surface area contributed by atoms with Crippen molar-refractivity contribution in [1.82, 2.24) is 30.1 Å². The molecule has 0 spiro atoms. The Hall–Kier alpha value is -3.07. The molecular weight excluding hydrogens is 626 g/mol. The Morgan fingerprint density at radius 2 is 1.48 bits per heavy atom. The maximum Gasteiger partial charge on any atom is 2.00 e. The van der Waals surface area contributed by atoms with Crippen molar-refractivity contribution in [3.05, 3.63) is 77.5 Å². The Balaban J connectivity index is 0.00000306. The van der Waals surface area contributed by atoms with E-state index in [0.717, 1.165) is 12.1 Å². The summed E-state index contributed by atoms with van der Waals surface area (Å²) in [5, 5.41) is 6.65. The van der Waals surface area contributed by atoms with E-state index in [2.05, 4.69) is 36.2 Å². The van der Waals surface area contributed by atoms with Gasteiger partial charge in [-0.3, -0.25) is 18.7 Å². The van der Waals surface area contributed by atoms with Crippen LogP contribution in [0.5, 0.6) is 0 Å². The van der Waals surface area contributed by atoms with Crippen LogP contribution in [-0.2, 0) is 32.7 Å². The van der Waals surface area contributed by atoms with Gasteiger partial charge in [0.25, 0.3) is 0 Å². The van der Waals surface area contributed by atoms with E-state index in [4.69, 9.17) is 0 Å². The van der Waals surface area contributed by atoms with Crippen molar-refractivity contribution in [3.63, 3.8) is 0 Å². The van der Waals surface area contributed by atoms with Gasteiger partial charge in [-0.25, -0.2) is 9.97 Å². The van der Waals surface area contributed by atoms with Gasteiger partial charge in [0, 0.05) is 35.1 Å². The Bertz CT molecular complexity index is 1290. The molecule has 0 radical (unpaired) electrons. The molecule has 0 bridgehead atoms. The number of benzene rings is 1. The maximum absolute atomic E-state index is 14.1. The number of hydrogen-bond donors (Lipinski definition) is 0. The van der Waals surface area contributed by atoms with Gasteiger partial charge in [-0.2, -0.15) is 13.2 Å². The fourth-order valence-corrected chi connectivity index (χ4v) is 2.95. The molecule has 0 aliphatic rings. The first-order valence-electron chi connectivity index (χ1n) is 9.18. The molecule has 0 saturated carbocycles. The van der Waals surface area contributed by atoms with Gasteiger partial charge < -0.3 is 10.2 Å². The second-order valence-electron chi connectivity index (χ2n) is 7.31. The third-order valence-corrected chi connectivity index (χ3v) is 4.73. The van der Waals surface area contributed by atoms with Crippen molar-refractivity contribution >= 4 is 0 Å². The zero-order valence-corrected chi connectivity index (χ0v) is 19.2. The van der Waals surface area contributed by atoms with E-state index in [9.17, 15) is 22.0 Å². The van der Waals surface area contributed by atoms with Gasteiger partial charge in [0.2, 0.25) is 0 Å². The molecule has 0 fully saturated rings. The molecule has 1 aromatic carbocycles. The maximum atomic E-state index is 14.1. The summed E-state index contributed by atoms with van der Waals surface area (Å²) in [5.74, 6) is -1.68. The summed E-state index contributed by atoms with van der Waals surface area (Å²) in [6.07, 6.45) is -1.83. The number of aromatic nitrogens is 6. The van der Waals surface area contributed by atoms with Gasteiger partial charge in [0.05, 0.1) is 11.5 Å². The summed E-state index contributed by atoms with van der Waals surface area (Å²) in [6.45, 7) is 3.54. The van der Waals surface area contributed by atoms with Crippen LogP contribution in [0.2, 0.25) is 0 Å². The van der Waals surface area contributed by atoms with Crippen molar-refractivity contribution in [3.8, 4) is 22.9 Å². The summed E-state index contributed by atoms with van der Waals surface area (Å²) in [5.41, 5.74) is -1.38. The molecule has 6 nitrogen and oxygen atoms in total. The number of halogens is 5. The average molecular weight is 639 g/mol. The standard InChI is InChI=1S/C21H13F5N6.Pt/c1-20(2,15-5-7-27-18(29-15)12-4-3-11(22)9-13(12)23)16-6-8-28-19(30-16)14-10-17(32-31-14)21(24,25)26;/h3,5-10H,1-2H3;/q-2;+2. The van der Waals surface area contributed by atoms with Crippen LogP contribution < -0.4 is 5.10 Å². The summed E-state index contributed by atoms with van der Waals surface area (Å²) in [6, 6.07) is 8.10. The molecule has 12 heteroatoms. The molecule has 3 heterocycles. The van der Waals surface area contributed by atoms with Crippen LogP contribution in [0, 0.1) is 17.7 Å². The third kappa shape index (κ3) is 4.98. The molecule has 0 amide bonds. The Morgan fingerprint density at radius 3 is 2.06 bits per heavy atom. The first-order chi connectivity index (χ1) is 15.1. The van der Waals surface area contributed by atoms with E-state index in [1.807, 2.05) is 0 Å². The minimum absolute atomic E-state index is 0. The summed E-state index contributed by atoms with van der Waals surface area (Å²) < 4.78 is 65.8. The van der Waals surface area contributed by atoms with Crippen LogP contribution in [-0.4, -0.2) is 25.0 Å². The van der Waals surface area contributed by atoms with Gasteiger partial charge in [-0.15, -0.1) is 12.1 Å². The van der Waals surface area contributed by atoms with E-state index in [-0.39, 0.29) is 44.0 Å². The summed E-state index contributed by atoms with van der Waals surface area (Å²) in [4.78, 5) is 16.8. The number of alkyl halides is 3. The number of hydrogen-bond acceptors (Lipinski definition) is 5. The third-order valence-electron chi connectivity index (χ3n) is 4.73. The molecular formula is C21H13F5N6Pt.